The molecule has 0 spiro atoms. The summed E-state index contributed by atoms with van der Waals surface area (Å²) >= 11 is 1.37. The number of nitrogens with zero attached hydrogens (tertiary/aromatic N) is 2. The van der Waals surface area contributed by atoms with Gasteiger partial charge in [0.05, 0.1) is 5.25 Å². The number of hydrogen-bond acceptors (Lipinski definition) is 4. The van der Waals surface area contributed by atoms with Crippen molar-refractivity contribution in [2.75, 3.05) is 6.54 Å². The van der Waals surface area contributed by atoms with E-state index in [1.54, 1.807) is 0 Å². The predicted molar refractivity (Wildman–Crippen MR) is 101 cm³/mol. The number of aromatic amines is 1. The van der Waals surface area contributed by atoms with Gasteiger partial charge in [-0.15, -0.1) is 5.10 Å². The molecule has 1 heterocycles. The van der Waals surface area contributed by atoms with Crippen molar-refractivity contribution in [2.24, 2.45) is 0 Å². The quantitative estimate of drug-likeness (QED) is 0.582. The molecule has 1 aromatic heterocycles. The lowest BCUT2D eigenvalue weighted by Crippen LogP contribution is -2.32. The molecular weight excluding hydrogens is 332 g/mol. The summed E-state index contributed by atoms with van der Waals surface area (Å²) in [5.41, 5.74) is 2.47. The number of carbonyl (C=O) groups is 1. The van der Waals surface area contributed by atoms with Crippen molar-refractivity contribution in [2.45, 2.75) is 49.4 Å². The first kappa shape index (κ1) is 17.7. The monoisotopic (exact) mass is 356 g/mol. The molecule has 5 nitrogen and oxygen atoms in total. The molecule has 0 fully saturated rings. The number of rotatable bonds is 7. The molecule has 3 rings (SSSR count). The molecule has 1 aliphatic carbocycles. The number of H-pyrrole nitrogens is 1. The standard InChI is InChI=1S/C19H24N4OS/c1-14(18(24)20-13-12-15-8-4-2-5-9-15)25-19-21-17(22-23-19)16-10-6-3-7-11-16/h3,6-8,10-11,14H,2,4-5,9,12-13H2,1H3,(H,20,24)(H,21,22,23)/t14-/m0/s1. The molecule has 1 atom stereocenters. The van der Waals surface area contributed by atoms with Crippen LogP contribution in [0.5, 0.6) is 0 Å². The number of allylic oxidation sites excluding steroid dienone is 1. The molecule has 0 saturated heterocycles. The maximum atomic E-state index is 12.2. The average molecular weight is 356 g/mol. The summed E-state index contributed by atoms with van der Waals surface area (Å²) in [7, 11) is 0. The minimum absolute atomic E-state index is 0.0347. The van der Waals surface area contributed by atoms with Gasteiger partial charge in [-0.25, -0.2) is 4.98 Å². The fourth-order valence-electron chi connectivity index (χ4n) is 2.86. The van der Waals surface area contributed by atoms with Crippen LogP contribution >= 0.6 is 11.8 Å². The van der Waals surface area contributed by atoms with E-state index >= 15 is 0 Å². The Labute approximate surface area is 152 Å². The number of benzene rings is 1. The first-order valence-electron chi connectivity index (χ1n) is 8.82. The lowest BCUT2D eigenvalue weighted by atomic mass is 9.97. The van der Waals surface area contributed by atoms with Crippen molar-refractivity contribution in [3.05, 3.63) is 42.0 Å². The van der Waals surface area contributed by atoms with Crippen molar-refractivity contribution in [3.63, 3.8) is 0 Å². The van der Waals surface area contributed by atoms with Gasteiger partial charge >= 0.3 is 0 Å². The number of carbonyl (C=O) groups excluding carboxylic acids is 1. The van der Waals surface area contributed by atoms with Crippen LogP contribution < -0.4 is 5.32 Å². The third kappa shape index (κ3) is 5.19. The maximum Gasteiger partial charge on any atom is 0.233 e. The molecule has 0 unspecified atom stereocenters. The minimum Gasteiger partial charge on any atom is -0.355 e. The number of nitrogens with one attached hydrogen (secondary N) is 2. The van der Waals surface area contributed by atoms with Gasteiger partial charge in [0.2, 0.25) is 11.1 Å². The molecule has 1 aromatic carbocycles. The Kier molecular flexibility index (Phi) is 6.28. The molecule has 0 saturated carbocycles. The normalized spacial score (nSPS) is 15.5. The Bertz CT molecular complexity index is 726. The molecule has 0 aliphatic heterocycles. The topological polar surface area (TPSA) is 70.7 Å². The van der Waals surface area contributed by atoms with Crippen LogP contribution in [0, 0.1) is 0 Å². The van der Waals surface area contributed by atoms with E-state index in [0.29, 0.717) is 11.7 Å². The van der Waals surface area contributed by atoms with Crippen molar-refractivity contribution < 1.29 is 4.79 Å². The van der Waals surface area contributed by atoms with Gasteiger partial charge in [0.25, 0.3) is 0 Å². The molecule has 0 bridgehead atoms. The highest BCUT2D eigenvalue weighted by molar-refractivity contribution is 8.00. The average Bonchev–Trinajstić information content (AvgIpc) is 3.12. The van der Waals surface area contributed by atoms with Crippen LogP contribution in [0.1, 0.15) is 39.0 Å². The highest BCUT2D eigenvalue weighted by Crippen LogP contribution is 2.23. The number of amides is 1. The molecule has 25 heavy (non-hydrogen) atoms. The van der Waals surface area contributed by atoms with Gasteiger partial charge in [-0.2, -0.15) is 0 Å². The van der Waals surface area contributed by atoms with E-state index in [0.717, 1.165) is 17.8 Å². The van der Waals surface area contributed by atoms with Crippen LogP contribution in [0.4, 0.5) is 0 Å². The van der Waals surface area contributed by atoms with Crippen molar-refractivity contribution in [1.29, 1.82) is 0 Å². The fourth-order valence-corrected chi connectivity index (χ4v) is 3.61. The second-order valence-electron chi connectivity index (χ2n) is 6.24. The number of thioether (sulfide) groups is 1. The molecule has 2 aromatic rings. The lowest BCUT2D eigenvalue weighted by Gasteiger charge is -2.14. The highest BCUT2D eigenvalue weighted by atomic mass is 32.2. The largest absolute Gasteiger partial charge is 0.355 e. The molecule has 132 valence electrons. The van der Waals surface area contributed by atoms with Gasteiger partial charge < -0.3 is 5.32 Å². The van der Waals surface area contributed by atoms with Crippen molar-refractivity contribution in [1.82, 2.24) is 20.5 Å². The number of hydrogen-bond donors (Lipinski definition) is 2. The SMILES string of the molecule is C[C@H](Sc1n[nH]c(-c2ccccc2)n1)C(=O)NCCC1=CCCCC1. The van der Waals surface area contributed by atoms with Crippen LogP contribution in [0.15, 0.2) is 47.1 Å². The lowest BCUT2D eigenvalue weighted by molar-refractivity contribution is -0.120. The van der Waals surface area contributed by atoms with Crippen LogP contribution in [-0.2, 0) is 4.79 Å². The molecule has 6 heteroatoms. The van der Waals surface area contributed by atoms with E-state index in [9.17, 15) is 4.79 Å². The summed E-state index contributed by atoms with van der Waals surface area (Å²) in [5.74, 6) is 0.757. The smallest absolute Gasteiger partial charge is 0.233 e. The highest BCUT2D eigenvalue weighted by Gasteiger charge is 2.17. The zero-order chi connectivity index (χ0) is 17.5. The van der Waals surface area contributed by atoms with Gasteiger partial charge in [-0.05, 0) is 39.0 Å². The van der Waals surface area contributed by atoms with Crippen molar-refractivity contribution >= 4 is 17.7 Å². The second-order valence-corrected chi connectivity index (χ2v) is 7.55. The first-order valence-corrected chi connectivity index (χ1v) is 9.70. The maximum absolute atomic E-state index is 12.2. The Hall–Kier alpha value is -2.08. The Morgan fingerprint density at radius 3 is 2.92 bits per heavy atom. The van der Waals surface area contributed by atoms with Crippen LogP contribution in [0.25, 0.3) is 11.4 Å². The Morgan fingerprint density at radius 1 is 1.32 bits per heavy atom. The van der Waals surface area contributed by atoms with Crippen LogP contribution in [0.2, 0.25) is 0 Å². The van der Waals surface area contributed by atoms with Gasteiger partial charge in [-0.1, -0.05) is 53.7 Å². The minimum atomic E-state index is -0.222. The number of aromatic nitrogens is 3. The van der Waals surface area contributed by atoms with E-state index in [-0.39, 0.29) is 11.2 Å². The Balaban J connectivity index is 1.46. The predicted octanol–water partition coefficient (Wildman–Crippen LogP) is 3.96. The third-order valence-corrected chi connectivity index (χ3v) is 5.25. The fraction of sp³-hybridized carbons (Fsp3) is 0.421. The third-order valence-electron chi connectivity index (χ3n) is 4.29. The van der Waals surface area contributed by atoms with E-state index in [1.807, 2.05) is 37.3 Å². The summed E-state index contributed by atoms with van der Waals surface area (Å²) in [4.78, 5) is 16.7. The molecule has 2 N–H and O–H groups in total. The van der Waals surface area contributed by atoms with Gasteiger partial charge in [-0.3, -0.25) is 9.89 Å². The van der Waals surface area contributed by atoms with Crippen LogP contribution in [0.3, 0.4) is 0 Å². The zero-order valence-corrected chi connectivity index (χ0v) is 15.3. The van der Waals surface area contributed by atoms with E-state index in [2.05, 4.69) is 26.6 Å². The Morgan fingerprint density at radius 2 is 2.16 bits per heavy atom. The molecule has 1 amide bonds. The molecular formula is C19H24N4OS. The van der Waals surface area contributed by atoms with E-state index in [1.165, 1.54) is 43.0 Å². The van der Waals surface area contributed by atoms with Gasteiger partial charge in [0.1, 0.15) is 0 Å². The molecule has 0 radical (unpaired) electrons. The first-order chi connectivity index (χ1) is 12.2. The van der Waals surface area contributed by atoms with E-state index < -0.39 is 0 Å². The van der Waals surface area contributed by atoms with Gasteiger partial charge in [0.15, 0.2) is 5.82 Å². The van der Waals surface area contributed by atoms with Crippen LogP contribution in [-0.4, -0.2) is 32.9 Å². The summed E-state index contributed by atoms with van der Waals surface area (Å²) in [6, 6.07) is 9.84. The van der Waals surface area contributed by atoms with Crippen molar-refractivity contribution in [3.8, 4) is 11.4 Å². The second kappa shape index (κ2) is 8.85. The summed E-state index contributed by atoms with van der Waals surface area (Å²) in [5, 5.41) is 10.5. The summed E-state index contributed by atoms with van der Waals surface area (Å²) in [6.45, 7) is 2.59. The van der Waals surface area contributed by atoms with E-state index in [4.69, 9.17) is 0 Å². The van der Waals surface area contributed by atoms with Gasteiger partial charge in [0, 0.05) is 12.1 Å². The summed E-state index contributed by atoms with van der Waals surface area (Å²) < 4.78 is 0. The molecule has 1 aliphatic rings. The zero-order valence-electron chi connectivity index (χ0n) is 14.5. The summed E-state index contributed by atoms with van der Waals surface area (Å²) in [6.07, 6.45) is 8.23.